The highest BCUT2D eigenvalue weighted by molar-refractivity contribution is 5.99. The molecule has 0 nitrogen and oxygen atoms in total. The number of benzene rings is 2. The minimum absolute atomic E-state index is 0.0495. The Morgan fingerprint density at radius 2 is 1.21 bits per heavy atom. The molecule has 2 aromatic carbocycles. The SMILES string of the molecule is C=C(C1=C2C=C(C(C)(C)C)C=C3C=CC4=CC(C(C)(C)C)=CC(=C1)[C@]4(C)[C@]32C)c1cccc2ccccc12. The van der Waals surface area contributed by atoms with E-state index in [1.807, 2.05) is 0 Å². The second kappa shape index (κ2) is 7.82. The van der Waals surface area contributed by atoms with Crippen LogP contribution in [0.2, 0.25) is 0 Å². The first kappa shape index (κ1) is 24.9. The lowest BCUT2D eigenvalue weighted by Crippen LogP contribution is -2.48. The molecule has 2 aromatic rings. The third kappa shape index (κ3) is 3.29. The molecule has 2 atom stereocenters. The first-order chi connectivity index (χ1) is 17.8. The fourth-order valence-corrected chi connectivity index (χ4v) is 6.90. The molecule has 0 spiro atoms. The number of hydrogen-bond acceptors (Lipinski definition) is 0. The Morgan fingerprint density at radius 1 is 0.632 bits per heavy atom. The monoisotopic (exact) mass is 496 g/mol. The number of hydrogen-bond donors (Lipinski definition) is 0. The van der Waals surface area contributed by atoms with Gasteiger partial charge in [0, 0.05) is 10.8 Å². The Balaban J connectivity index is 1.70. The van der Waals surface area contributed by atoms with Crippen molar-refractivity contribution in [1.82, 2.24) is 0 Å². The second-order valence-electron chi connectivity index (χ2n) is 13.9. The van der Waals surface area contributed by atoms with Gasteiger partial charge in [-0.05, 0) is 77.8 Å². The van der Waals surface area contributed by atoms with Gasteiger partial charge < -0.3 is 0 Å². The lowest BCUT2D eigenvalue weighted by Gasteiger charge is -2.58. The molecule has 0 aromatic heterocycles. The molecule has 0 unspecified atom stereocenters. The minimum atomic E-state index is -0.185. The summed E-state index contributed by atoms with van der Waals surface area (Å²) in [4.78, 5) is 0. The Hall–Kier alpha value is -3.38. The maximum Gasteiger partial charge on any atom is 0.0315 e. The van der Waals surface area contributed by atoms with E-state index in [9.17, 15) is 0 Å². The highest BCUT2D eigenvalue weighted by Gasteiger charge is 2.58. The van der Waals surface area contributed by atoms with Crippen molar-refractivity contribution in [2.24, 2.45) is 21.7 Å². The van der Waals surface area contributed by atoms with Crippen LogP contribution in [0, 0.1) is 21.7 Å². The summed E-state index contributed by atoms with van der Waals surface area (Å²) in [6, 6.07) is 15.3. The van der Waals surface area contributed by atoms with Crippen molar-refractivity contribution in [3.05, 3.63) is 136 Å². The van der Waals surface area contributed by atoms with Gasteiger partial charge in [-0.25, -0.2) is 0 Å². The van der Waals surface area contributed by atoms with Crippen LogP contribution in [0.4, 0.5) is 0 Å². The van der Waals surface area contributed by atoms with Gasteiger partial charge in [-0.3, -0.25) is 0 Å². The van der Waals surface area contributed by atoms with Gasteiger partial charge >= 0.3 is 0 Å². The van der Waals surface area contributed by atoms with Crippen molar-refractivity contribution >= 4 is 16.3 Å². The lowest BCUT2D eigenvalue weighted by molar-refractivity contribution is 0.244. The molecule has 0 heterocycles. The molecule has 4 aliphatic rings. The summed E-state index contributed by atoms with van der Waals surface area (Å²) in [6.07, 6.45) is 17.1. The van der Waals surface area contributed by atoms with Crippen LogP contribution >= 0.6 is 0 Å². The quantitative estimate of drug-likeness (QED) is 0.388. The van der Waals surface area contributed by atoms with E-state index >= 15 is 0 Å². The van der Waals surface area contributed by atoms with Crippen LogP contribution in [-0.2, 0) is 0 Å². The zero-order valence-electron chi connectivity index (χ0n) is 24.3. The van der Waals surface area contributed by atoms with E-state index in [0.717, 1.165) is 5.57 Å². The summed E-state index contributed by atoms with van der Waals surface area (Å²) < 4.78 is 0. The summed E-state index contributed by atoms with van der Waals surface area (Å²) in [7, 11) is 0. The van der Waals surface area contributed by atoms with Crippen LogP contribution in [0.3, 0.4) is 0 Å². The predicted octanol–water partition coefficient (Wildman–Crippen LogP) is 10.5. The summed E-state index contributed by atoms with van der Waals surface area (Å²) in [5.41, 5.74) is 11.8. The molecule has 0 radical (unpaired) electrons. The van der Waals surface area contributed by atoms with Crippen molar-refractivity contribution in [3.63, 3.8) is 0 Å². The maximum absolute atomic E-state index is 4.79. The molecular formula is C38H40. The molecule has 192 valence electrons. The number of rotatable bonds is 2. The van der Waals surface area contributed by atoms with Crippen LogP contribution in [0.5, 0.6) is 0 Å². The van der Waals surface area contributed by atoms with Crippen LogP contribution in [-0.4, -0.2) is 0 Å². The molecular weight excluding hydrogens is 456 g/mol. The topological polar surface area (TPSA) is 0 Å². The van der Waals surface area contributed by atoms with Crippen molar-refractivity contribution in [2.75, 3.05) is 0 Å². The Morgan fingerprint density at radius 3 is 1.87 bits per heavy atom. The molecule has 38 heavy (non-hydrogen) atoms. The fraction of sp³-hybridized carbons (Fsp3) is 0.316. The highest BCUT2D eigenvalue weighted by atomic mass is 14.6. The zero-order chi connectivity index (χ0) is 27.3. The van der Waals surface area contributed by atoms with Gasteiger partial charge in [0.2, 0.25) is 0 Å². The molecule has 0 aliphatic heterocycles. The Bertz CT molecular complexity index is 1630. The van der Waals surface area contributed by atoms with E-state index in [0.29, 0.717) is 0 Å². The summed E-state index contributed by atoms with van der Waals surface area (Å²) in [6.45, 7) is 23.6. The van der Waals surface area contributed by atoms with Gasteiger partial charge in [-0.2, -0.15) is 0 Å². The first-order valence-electron chi connectivity index (χ1n) is 14.0. The molecule has 0 bridgehead atoms. The van der Waals surface area contributed by atoms with Crippen molar-refractivity contribution in [3.8, 4) is 0 Å². The summed E-state index contributed by atoms with van der Waals surface area (Å²) >= 11 is 0. The summed E-state index contributed by atoms with van der Waals surface area (Å²) in [5, 5.41) is 2.51. The van der Waals surface area contributed by atoms with Gasteiger partial charge in [-0.1, -0.05) is 141 Å². The maximum atomic E-state index is 4.79. The zero-order valence-corrected chi connectivity index (χ0v) is 24.3. The smallest absolute Gasteiger partial charge is 0.0315 e. The highest BCUT2D eigenvalue weighted by Crippen LogP contribution is 2.68. The molecule has 0 saturated carbocycles. The normalized spacial score (nSPS) is 26.3. The van der Waals surface area contributed by atoms with Crippen LogP contribution in [0.1, 0.15) is 61.0 Å². The molecule has 0 amide bonds. The van der Waals surface area contributed by atoms with E-state index in [1.165, 1.54) is 55.3 Å². The van der Waals surface area contributed by atoms with Crippen LogP contribution in [0.25, 0.3) is 16.3 Å². The van der Waals surface area contributed by atoms with E-state index in [4.69, 9.17) is 6.58 Å². The molecule has 0 saturated heterocycles. The average Bonchev–Trinajstić information content (AvgIpc) is 2.85. The van der Waals surface area contributed by atoms with E-state index < -0.39 is 0 Å². The van der Waals surface area contributed by atoms with E-state index in [1.54, 1.807) is 0 Å². The molecule has 0 N–H and O–H groups in total. The van der Waals surface area contributed by atoms with Gasteiger partial charge in [0.25, 0.3) is 0 Å². The van der Waals surface area contributed by atoms with Crippen molar-refractivity contribution in [2.45, 2.75) is 55.4 Å². The molecule has 6 rings (SSSR count). The largest absolute Gasteiger partial charge is 0.0905 e. The van der Waals surface area contributed by atoms with Gasteiger partial charge in [0.05, 0.1) is 0 Å². The molecule has 0 heteroatoms. The third-order valence-electron chi connectivity index (χ3n) is 9.71. The Kier molecular flexibility index (Phi) is 5.13. The molecule has 4 aliphatic carbocycles. The third-order valence-corrected chi connectivity index (χ3v) is 9.71. The fourth-order valence-electron chi connectivity index (χ4n) is 6.90. The molecule has 0 fully saturated rings. The minimum Gasteiger partial charge on any atom is -0.0905 e. The van der Waals surface area contributed by atoms with Gasteiger partial charge in [0.15, 0.2) is 0 Å². The Labute approximate surface area is 229 Å². The lowest BCUT2D eigenvalue weighted by atomic mass is 9.44. The van der Waals surface area contributed by atoms with Crippen LogP contribution in [0.15, 0.2) is 131 Å². The van der Waals surface area contributed by atoms with Crippen molar-refractivity contribution in [1.29, 1.82) is 0 Å². The predicted molar refractivity (Wildman–Crippen MR) is 165 cm³/mol. The number of fused-ring (bicyclic) bond motifs is 1. The van der Waals surface area contributed by atoms with Crippen LogP contribution < -0.4 is 0 Å². The first-order valence-corrected chi connectivity index (χ1v) is 14.0. The van der Waals surface area contributed by atoms with Gasteiger partial charge in [-0.15, -0.1) is 0 Å². The van der Waals surface area contributed by atoms with Crippen molar-refractivity contribution < 1.29 is 0 Å². The average molecular weight is 497 g/mol. The summed E-state index contributed by atoms with van der Waals surface area (Å²) in [5.74, 6) is 0. The standard InChI is InChI=1S/C38H40/c1-24(31-16-12-14-25-13-10-11-15-32(25)31)33-22-30-21-28(35(2,3)4)19-26-17-18-27-20-29(36(5,6)7)23-34(33)38(27,9)37(26,30)8/h10-23H,1H2,2-9H3/t37-,38-/m1/s1. The second-order valence-corrected chi connectivity index (χ2v) is 13.9. The van der Waals surface area contributed by atoms with Gasteiger partial charge in [0.1, 0.15) is 0 Å². The van der Waals surface area contributed by atoms with E-state index in [-0.39, 0.29) is 21.7 Å². The van der Waals surface area contributed by atoms with E-state index in [2.05, 4.69) is 140 Å². The number of allylic oxidation sites excluding steroid dienone is 15.